The van der Waals surface area contributed by atoms with Gasteiger partial charge in [-0.25, -0.2) is 0 Å². The summed E-state index contributed by atoms with van der Waals surface area (Å²) in [6.45, 7) is 5.14. The van der Waals surface area contributed by atoms with Gasteiger partial charge in [-0.05, 0) is 13.8 Å². The molecule has 4 heteroatoms. The van der Waals surface area contributed by atoms with Crippen LogP contribution in [0.2, 0.25) is 0 Å². The van der Waals surface area contributed by atoms with Crippen molar-refractivity contribution < 1.29 is 14.4 Å². The lowest BCUT2D eigenvalue weighted by atomic mass is 10.3. The molecule has 0 spiro atoms. The van der Waals surface area contributed by atoms with Gasteiger partial charge >= 0.3 is 5.97 Å². The van der Waals surface area contributed by atoms with Crippen LogP contribution in [0.4, 0.5) is 0 Å². The van der Waals surface area contributed by atoms with E-state index in [1.54, 1.807) is 5.06 Å². The Labute approximate surface area is 72.4 Å². The smallest absolute Gasteiger partial charge is 0.325 e. The second kappa shape index (κ2) is 6.79. The maximum absolute atomic E-state index is 10.9. The maximum atomic E-state index is 10.9. The van der Waals surface area contributed by atoms with Crippen LogP contribution < -0.4 is 0 Å². The molecule has 0 saturated heterocycles. The monoisotopic (exact) mass is 173 g/mol. The molecule has 0 fully saturated rings. The lowest BCUT2D eigenvalue weighted by molar-refractivity contribution is -0.188. The van der Waals surface area contributed by atoms with E-state index >= 15 is 0 Å². The molecule has 70 valence electrons. The van der Waals surface area contributed by atoms with Gasteiger partial charge in [0.1, 0.15) is 6.29 Å². The maximum Gasteiger partial charge on any atom is 0.325 e. The fourth-order valence-corrected chi connectivity index (χ4v) is 0.719. The molecule has 0 aliphatic carbocycles. The number of hydrogen-bond donors (Lipinski definition) is 0. The molecule has 12 heavy (non-hydrogen) atoms. The van der Waals surface area contributed by atoms with Crippen LogP contribution in [0.25, 0.3) is 0 Å². The summed E-state index contributed by atoms with van der Waals surface area (Å²) in [6, 6.07) is 0. The first-order chi connectivity index (χ1) is 5.74. The number of hydrogen-bond acceptors (Lipinski definition) is 4. The molecule has 0 aromatic carbocycles. The molecule has 0 heterocycles. The first kappa shape index (κ1) is 11.1. The molecule has 0 saturated carbocycles. The molecular weight excluding hydrogens is 158 g/mol. The van der Waals surface area contributed by atoms with Crippen molar-refractivity contribution >= 4 is 12.3 Å². The Morgan fingerprint density at radius 1 is 1.42 bits per heavy atom. The van der Waals surface area contributed by atoms with E-state index < -0.39 is 0 Å². The van der Waals surface area contributed by atoms with Gasteiger partial charge in [0.15, 0.2) is 0 Å². The van der Waals surface area contributed by atoms with Crippen molar-refractivity contribution in [3.8, 4) is 0 Å². The minimum absolute atomic E-state index is 0.167. The molecule has 0 aromatic heterocycles. The Bertz CT molecular complexity index is 143. The van der Waals surface area contributed by atoms with E-state index in [-0.39, 0.29) is 18.8 Å². The Morgan fingerprint density at radius 3 is 2.42 bits per heavy atom. The third-order valence-corrected chi connectivity index (χ3v) is 1.40. The highest BCUT2D eigenvalue weighted by Gasteiger charge is 2.06. The van der Waals surface area contributed by atoms with Crippen LogP contribution in [0.3, 0.4) is 0 Å². The predicted octanol–water partition coefficient (Wildman–Crippen LogP) is 0.765. The average molecular weight is 173 g/mol. The number of carbonyl (C=O) groups excluding carboxylic acids is 2. The Morgan fingerprint density at radius 2 is 2.00 bits per heavy atom. The standard InChI is InChI=1S/C8H15NO3/c1-3-9(4-2)12-8(11)6-5-7-10/h7H,3-6H2,1-2H3. The number of hydroxylamine groups is 2. The second-order valence-corrected chi connectivity index (χ2v) is 2.28. The van der Waals surface area contributed by atoms with E-state index in [0.717, 1.165) is 0 Å². The molecule has 0 rings (SSSR count). The summed E-state index contributed by atoms with van der Waals surface area (Å²) in [5.41, 5.74) is 0. The Hall–Kier alpha value is -0.900. The van der Waals surface area contributed by atoms with Crippen molar-refractivity contribution in [2.75, 3.05) is 13.1 Å². The SMILES string of the molecule is CCN(CC)OC(=O)CCC=O. The fraction of sp³-hybridized carbons (Fsp3) is 0.750. The van der Waals surface area contributed by atoms with Crippen LogP contribution >= 0.6 is 0 Å². The van der Waals surface area contributed by atoms with Gasteiger partial charge in [0.05, 0.1) is 6.42 Å². The zero-order chi connectivity index (χ0) is 9.40. The van der Waals surface area contributed by atoms with Crippen LogP contribution in [0, 0.1) is 0 Å². The normalized spacial score (nSPS) is 9.92. The number of nitrogens with zero attached hydrogens (tertiary/aromatic N) is 1. The molecule has 0 atom stereocenters. The van der Waals surface area contributed by atoms with Crippen LogP contribution in [-0.2, 0) is 14.4 Å². The van der Waals surface area contributed by atoms with Crippen molar-refractivity contribution in [2.24, 2.45) is 0 Å². The van der Waals surface area contributed by atoms with Gasteiger partial charge in [-0.2, -0.15) is 0 Å². The van der Waals surface area contributed by atoms with Crippen molar-refractivity contribution in [3.05, 3.63) is 0 Å². The van der Waals surface area contributed by atoms with Gasteiger partial charge in [0, 0.05) is 19.5 Å². The fourth-order valence-electron chi connectivity index (χ4n) is 0.719. The molecule has 0 unspecified atom stereocenters. The van der Waals surface area contributed by atoms with Gasteiger partial charge < -0.3 is 9.63 Å². The Kier molecular flexibility index (Phi) is 6.28. The number of carbonyl (C=O) groups is 2. The molecular formula is C8H15NO3. The van der Waals surface area contributed by atoms with Crippen molar-refractivity contribution in [2.45, 2.75) is 26.7 Å². The third kappa shape index (κ3) is 4.85. The summed E-state index contributed by atoms with van der Waals surface area (Å²) in [5.74, 6) is -0.342. The summed E-state index contributed by atoms with van der Waals surface area (Å²) in [5, 5.41) is 1.55. The van der Waals surface area contributed by atoms with E-state index in [4.69, 9.17) is 4.84 Å². The second-order valence-electron chi connectivity index (χ2n) is 2.28. The Balaban J connectivity index is 3.58. The lowest BCUT2D eigenvalue weighted by Gasteiger charge is -2.16. The van der Waals surface area contributed by atoms with Gasteiger partial charge in [-0.1, -0.05) is 0 Å². The highest BCUT2D eigenvalue weighted by Crippen LogP contribution is 1.95. The topological polar surface area (TPSA) is 46.6 Å². The van der Waals surface area contributed by atoms with Crippen LogP contribution in [0.5, 0.6) is 0 Å². The zero-order valence-corrected chi connectivity index (χ0v) is 7.58. The van der Waals surface area contributed by atoms with Crippen molar-refractivity contribution in [1.29, 1.82) is 0 Å². The molecule has 0 amide bonds. The van der Waals surface area contributed by atoms with E-state index in [1.807, 2.05) is 13.8 Å². The highest BCUT2D eigenvalue weighted by molar-refractivity contribution is 5.72. The summed E-state index contributed by atoms with van der Waals surface area (Å²) < 4.78 is 0. The van der Waals surface area contributed by atoms with E-state index in [1.165, 1.54) is 0 Å². The van der Waals surface area contributed by atoms with Gasteiger partial charge in [0.2, 0.25) is 0 Å². The quantitative estimate of drug-likeness (QED) is 0.439. The molecule has 0 aliphatic rings. The molecule has 0 aromatic rings. The molecule has 0 N–H and O–H groups in total. The van der Waals surface area contributed by atoms with Crippen molar-refractivity contribution in [1.82, 2.24) is 5.06 Å². The highest BCUT2D eigenvalue weighted by atomic mass is 16.7. The van der Waals surface area contributed by atoms with Crippen LogP contribution in [-0.4, -0.2) is 30.4 Å². The average Bonchev–Trinajstić information content (AvgIpc) is 2.10. The third-order valence-electron chi connectivity index (χ3n) is 1.40. The van der Waals surface area contributed by atoms with Crippen molar-refractivity contribution in [3.63, 3.8) is 0 Å². The minimum Gasteiger partial charge on any atom is -0.368 e. The largest absolute Gasteiger partial charge is 0.368 e. The first-order valence-corrected chi connectivity index (χ1v) is 4.13. The molecule has 0 bridgehead atoms. The summed E-state index contributed by atoms with van der Waals surface area (Å²) >= 11 is 0. The number of rotatable bonds is 6. The van der Waals surface area contributed by atoms with E-state index in [2.05, 4.69) is 0 Å². The summed E-state index contributed by atoms with van der Waals surface area (Å²) in [7, 11) is 0. The summed E-state index contributed by atoms with van der Waals surface area (Å²) in [4.78, 5) is 25.7. The minimum atomic E-state index is -0.342. The first-order valence-electron chi connectivity index (χ1n) is 4.13. The molecule has 0 aliphatic heterocycles. The van der Waals surface area contributed by atoms with Crippen LogP contribution in [0.1, 0.15) is 26.7 Å². The van der Waals surface area contributed by atoms with Gasteiger partial charge in [-0.3, -0.25) is 4.79 Å². The lowest BCUT2D eigenvalue weighted by Crippen LogP contribution is -2.26. The summed E-state index contributed by atoms with van der Waals surface area (Å²) in [6.07, 6.45) is 1.11. The van der Waals surface area contributed by atoms with E-state index in [9.17, 15) is 9.59 Å². The van der Waals surface area contributed by atoms with Crippen LogP contribution in [0.15, 0.2) is 0 Å². The zero-order valence-electron chi connectivity index (χ0n) is 7.58. The van der Waals surface area contributed by atoms with E-state index in [0.29, 0.717) is 19.4 Å². The van der Waals surface area contributed by atoms with Gasteiger partial charge in [-0.15, -0.1) is 5.06 Å². The molecule has 0 radical (unpaired) electrons. The molecule has 4 nitrogen and oxygen atoms in total. The predicted molar refractivity (Wildman–Crippen MR) is 44.3 cm³/mol. The number of aldehydes is 1. The van der Waals surface area contributed by atoms with Gasteiger partial charge in [0.25, 0.3) is 0 Å².